The molecule has 0 spiro atoms. The lowest BCUT2D eigenvalue weighted by atomic mass is 10.4. The number of hydrogen-bond donors (Lipinski definition) is 1. The maximum absolute atomic E-state index is 10.3. The molecule has 0 unspecified atom stereocenters. The highest BCUT2D eigenvalue weighted by Crippen LogP contribution is 2.13. The Morgan fingerprint density at radius 1 is 1.78 bits per heavy atom. The van der Waals surface area contributed by atoms with Gasteiger partial charge in [0.25, 0.3) is 0 Å². The summed E-state index contributed by atoms with van der Waals surface area (Å²) in [5.74, 6) is -0.266. The van der Waals surface area contributed by atoms with E-state index < -0.39 is 0 Å². The van der Waals surface area contributed by atoms with Crippen LogP contribution in [0.15, 0.2) is 11.0 Å². The molecule has 0 saturated heterocycles. The molecule has 0 aromatic heterocycles. The van der Waals surface area contributed by atoms with Gasteiger partial charge in [-0.1, -0.05) is 6.08 Å². The van der Waals surface area contributed by atoms with Gasteiger partial charge in [-0.3, -0.25) is 4.79 Å². The summed E-state index contributed by atoms with van der Waals surface area (Å²) in [4.78, 5) is 11.3. The van der Waals surface area contributed by atoms with Gasteiger partial charge in [0.15, 0.2) is 0 Å². The number of hydrogen-bond acceptors (Lipinski definition) is 2. The molecule has 2 N–H and O–H groups in total. The molecule has 0 heterocycles. The van der Waals surface area contributed by atoms with Crippen LogP contribution in [0.3, 0.4) is 0 Å². The molecule has 0 bridgehead atoms. The number of carbonyl (C=O) groups is 1. The van der Waals surface area contributed by atoms with Crippen LogP contribution < -0.4 is 5.73 Å². The molecular formula is C6H11NOS. The molecule has 1 amide bonds. The summed E-state index contributed by atoms with van der Waals surface area (Å²) >= 11 is 1.56. The number of carbonyl (C=O) groups excluding carboxylic acids is 1. The van der Waals surface area contributed by atoms with Crippen molar-refractivity contribution in [2.45, 2.75) is 13.3 Å². The topological polar surface area (TPSA) is 43.1 Å². The van der Waals surface area contributed by atoms with Gasteiger partial charge >= 0.3 is 0 Å². The monoisotopic (exact) mass is 145 g/mol. The highest BCUT2D eigenvalue weighted by atomic mass is 32.2. The Labute approximate surface area is 59.5 Å². The van der Waals surface area contributed by atoms with Crippen molar-refractivity contribution in [3.8, 4) is 0 Å². The third-order valence-corrected chi connectivity index (χ3v) is 1.84. The Balaban J connectivity index is 3.71. The fourth-order valence-electron chi connectivity index (χ4n) is 0.464. The van der Waals surface area contributed by atoms with Crippen LogP contribution in [0.2, 0.25) is 0 Å². The second-order valence-corrected chi connectivity index (χ2v) is 2.53. The molecule has 0 saturated carbocycles. The summed E-state index contributed by atoms with van der Waals surface area (Å²) in [6.07, 6.45) is 4.20. The first kappa shape index (κ1) is 8.56. The van der Waals surface area contributed by atoms with Gasteiger partial charge in [0.2, 0.25) is 5.91 Å². The molecule has 52 valence electrons. The van der Waals surface area contributed by atoms with E-state index in [0.717, 1.165) is 4.91 Å². The maximum Gasteiger partial charge on any atom is 0.222 e. The summed E-state index contributed by atoms with van der Waals surface area (Å²) < 4.78 is 0. The van der Waals surface area contributed by atoms with Crippen molar-refractivity contribution in [1.82, 2.24) is 0 Å². The lowest BCUT2D eigenvalue weighted by molar-refractivity contribution is -0.117. The lowest BCUT2D eigenvalue weighted by Gasteiger charge is -1.96. The Bertz CT molecular complexity index is 131. The number of nitrogens with two attached hydrogens (primary N) is 1. The van der Waals surface area contributed by atoms with Crippen molar-refractivity contribution >= 4 is 17.7 Å². The first-order chi connectivity index (χ1) is 4.20. The molecule has 2 nitrogen and oxygen atoms in total. The zero-order valence-corrected chi connectivity index (χ0v) is 6.49. The quantitative estimate of drug-likeness (QED) is 0.647. The van der Waals surface area contributed by atoms with Gasteiger partial charge in [-0.05, 0) is 18.1 Å². The predicted molar refractivity (Wildman–Crippen MR) is 41.1 cm³/mol. The van der Waals surface area contributed by atoms with Gasteiger partial charge in [-0.25, -0.2) is 0 Å². The molecule has 9 heavy (non-hydrogen) atoms. The molecular weight excluding hydrogens is 134 g/mol. The minimum atomic E-state index is -0.266. The predicted octanol–water partition coefficient (Wildman–Crippen LogP) is 1.13. The van der Waals surface area contributed by atoms with Gasteiger partial charge in [-0.15, -0.1) is 11.8 Å². The van der Waals surface area contributed by atoms with E-state index in [1.807, 2.05) is 19.3 Å². The van der Waals surface area contributed by atoms with Crippen LogP contribution in [0.1, 0.15) is 13.3 Å². The van der Waals surface area contributed by atoms with E-state index in [4.69, 9.17) is 5.73 Å². The second kappa shape index (κ2) is 4.44. The largest absolute Gasteiger partial charge is 0.369 e. The van der Waals surface area contributed by atoms with Crippen LogP contribution in [0, 0.1) is 0 Å². The van der Waals surface area contributed by atoms with Crippen LogP contribution in [0.25, 0.3) is 0 Å². The van der Waals surface area contributed by atoms with Gasteiger partial charge < -0.3 is 5.73 Å². The van der Waals surface area contributed by atoms with Crippen molar-refractivity contribution < 1.29 is 4.79 Å². The Morgan fingerprint density at radius 2 is 2.33 bits per heavy atom. The maximum atomic E-state index is 10.3. The highest BCUT2D eigenvalue weighted by molar-refractivity contribution is 8.02. The Morgan fingerprint density at radius 3 is 2.44 bits per heavy atom. The fraction of sp³-hybridized carbons (Fsp3) is 0.500. The lowest BCUT2D eigenvalue weighted by Crippen LogP contribution is -2.09. The molecule has 0 rings (SSSR count). The molecule has 0 aliphatic rings. The first-order valence-electron chi connectivity index (χ1n) is 2.68. The van der Waals surface area contributed by atoms with E-state index >= 15 is 0 Å². The Hall–Kier alpha value is -0.440. The smallest absolute Gasteiger partial charge is 0.222 e. The van der Waals surface area contributed by atoms with Crippen LogP contribution in [0.5, 0.6) is 0 Å². The zero-order valence-electron chi connectivity index (χ0n) is 5.68. The third-order valence-electron chi connectivity index (χ3n) is 0.933. The normalized spacial score (nSPS) is 11.6. The molecule has 0 atom stereocenters. The number of rotatable bonds is 3. The van der Waals surface area contributed by atoms with E-state index in [0.29, 0.717) is 6.42 Å². The minimum absolute atomic E-state index is 0.266. The van der Waals surface area contributed by atoms with Crippen molar-refractivity contribution in [3.63, 3.8) is 0 Å². The summed E-state index contributed by atoms with van der Waals surface area (Å²) in [6, 6.07) is 0. The zero-order chi connectivity index (χ0) is 7.28. The fourth-order valence-corrected chi connectivity index (χ4v) is 0.986. The van der Waals surface area contributed by atoms with Gasteiger partial charge in [0.05, 0.1) is 6.42 Å². The summed E-state index contributed by atoms with van der Waals surface area (Å²) in [5, 5.41) is 0. The first-order valence-corrected chi connectivity index (χ1v) is 3.90. The van der Waals surface area contributed by atoms with Crippen molar-refractivity contribution in [2.24, 2.45) is 5.73 Å². The third kappa shape index (κ3) is 4.09. The molecule has 0 radical (unpaired) electrons. The molecule has 0 aliphatic carbocycles. The van der Waals surface area contributed by atoms with E-state index in [1.165, 1.54) is 0 Å². The molecule has 0 aliphatic heterocycles. The highest BCUT2D eigenvalue weighted by Gasteiger charge is 1.96. The number of primary amides is 1. The van der Waals surface area contributed by atoms with E-state index in [1.54, 1.807) is 11.8 Å². The van der Waals surface area contributed by atoms with E-state index in [2.05, 4.69) is 0 Å². The summed E-state index contributed by atoms with van der Waals surface area (Å²) in [7, 11) is 0. The molecule has 0 fully saturated rings. The van der Waals surface area contributed by atoms with Crippen molar-refractivity contribution in [3.05, 3.63) is 11.0 Å². The number of allylic oxidation sites excluding steroid dienone is 1. The molecule has 0 aromatic rings. The number of amides is 1. The number of thioether (sulfide) groups is 1. The summed E-state index contributed by atoms with van der Waals surface area (Å²) in [6.45, 7) is 1.90. The molecule has 0 aromatic carbocycles. The van der Waals surface area contributed by atoms with E-state index in [9.17, 15) is 4.79 Å². The SMILES string of the molecule is CC=C(CC(N)=O)SC. The van der Waals surface area contributed by atoms with Crippen molar-refractivity contribution in [2.75, 3.05) is 6.26 Å². The van der Waals surface area contributed by atoms with Crippen LogP contribution in [0.4, 0.5) is 0 Å². The molecule has 3 heteroatoms. The van der Waals surface area contributed by atoms with Crippen molar-refractivity contribution in [1.29, 1.82) is 0 Å². The van der Waals surface area contributed by atoms with Gasteiger partial charge in [0.1, 0.15) is 0 Å². The second-order valence-electron chi connectivity index (χ2n) is 1.60. The van der Waals surface area contributed by atoms with Crippen LogP contribution in [-0.4, -0.2) is 12.2 Å². The van der Waals surface area contributed by atoms with E-state index in [-0.39, 0.29) is 5.91 Å². The van der Waals surface area contributed by atoms with Crippen LogP contribution in [-0.2, 0) is 4.79 Å². The van der Waals surface area contributed by atoms with Gasteiger partial charge in [0, 0.05) is 0 Å². The van der Waals surface area contributed by atoms with Gasteiger partial charge in [-0.2, -0.15) is 0 Å². The average molecular weight is 145 g/mol. The van der Waals surface area contributed by atoms with Crippen LogP contribution >= 0.6 is 11.8 Å². The average Bonchev–Trinajstić information content (AvgIpc) is 1.82. The standard InChI is InChI=1S/C6H11NOS/c1-3-5(9-2)4-6(7)8/h3H,4H2,1-2H3,(H2,7,8). The minimum Gasteiger partial charge on any atom is -0.369 e. The Kier molecular flexibility index (Phi) is 4.22. The summed E-state index contributed by atoms with van der Waals surface area (Å²) in [5.41, 5.74) is 4.95.